The predicted octanol–water partition coefficient (Wildman–Crippen LogP) is 2.18. The van der Waals surface area contributed by atoms with E-state index < -0.39 is 0 Å². The molecule has 2 rings (SSSR count). The lowest BCUT2D eigenvalue weighted by Gasteiger charge is -2.15. The monoisotopic (exact) mass is 150 g/mol. The fraction of sp³-hybridized carbons (Fsp3) is 0.700. The second-order valence-corrected chi connectivity index (χ2v) is 3.95. The van der Waals surface area contributed by atoms with E-state index in [1.54, 1.807) is 6.92 Å². The van der Waals surface area contributed by atoms with Gasteiger partial charge in [0.05, 0.1) is 0 Å². The normalized spacial score (nSPS) is 39.9. The van der Waals surface area contributed by atoms with Crippen LogP contribution in [0.5, 0.6) is 0 Å². The van der Waals surface area contributed by atoms with Crippen molar-refractivity contribution in [2.45, 2.75) is 26.2 Å². The number of allylic oxidation sites excluding steroid dienone is 2. The minimum Gasteiger partial charge on any atom is -0.300 e. The molecule has 1 heteroatoms. The van der Waals surface area contributed by atoms with E-state index in [9.17, 15) is 4.79 Å². The summed E-state index contributed by atoms with van der Waals surface area (Å²) in [6.07, 6.45) is 8.02. The van der Waals surface area contributed by atoms with Crippen molar-refractivity contribution in [3.63, 3.8) is 0 Å². The third kappa shape index (κ3) is 1.24. The second kappa shape index (κ2) is 2.47. The van der Waals surface area contributed by atoms with E-state index in [0.717, 1.165) is 18.3 Å². The van der Waals surface area contributed by atoms with Gasteiger partial charge in [-0.2, -0.15) is 0 Å². The van der Waals surface area contributed by atoms with Crippen LogP contribution in [0.1, 0.15) is 26.2 Å². The Balaban J connectivity index is 1.98. The number of carbonyl (C=O) groups excluding carboxylic acids is 1. The summed E-state index contributed by atoms with van der Waals surface area (Å²) in [5, 5.41) is 0. The van der Waals surface area contributed by atoms with Crippen LogP contribution in [0.15, 0.2) is 12.2 Å². The van der Waals surface area contributed by atoms with Gasteiger partial charge in [0.1, 0.15) is 5.78 Å². The van der Waals surface area contributed by atoms with Gasteiger partial charge in [0, 0.05) is 6.42 Å². The highest BCUT2D eigenvalue weighted by molar-refractivity contribution is 5.75. The highest BCUT2D eigenvalue weighted by Crippen LogP contribution is 2.44. The van der Waals surface area contributed by atoms with Crippen LogP contribution < -0.4 is 0 Å². The molecule has 2 bridgehead atoms. The number of hydrogen-bond donors (Lipinski definition) is 0. The van der Waals surface area contributed by atoms with Crippen LogP contribution in [-0.4, -0.2) is 5.78 Å². The molecule has 0 aromatic carbocycles. The summed E-state index contributed by atoms with van der Waals surface area (Å²) < 4.78 is 0. The Morgan fingerprint density at radius 2 is 2.27 bits per heavy atom. The standard InChI is InChI=1S/C10H14O/c1-7(11)4-10-6-8-2-3-9(10)5-8/h2-3,8-10H,4-6H2,1H3/t8-,9+,10+/m1/s1. The molecule has 1 nitrogen and oxygen atoms in total. The molecule has 0 amide bonds. The highest BCUT2D eigenvalue weighted by atomic mass is 16.1. The quantitative estimate of drug-likeness (QED) is 0.551. The van der Waals surface area contributed by atoms with E-state index in [2.05, 4.69) is 12.2 Å². The van der Waals surface area contributed by atoms with Crippen molar-refractivity contribution in [3.8, 4) is 0 Å². The minimum absolute atomic E-state index is 0.357. The van der Waals surface area contributed by atoms with Gasteiger partial charge in [0.25, 0.3) is 0 Å². The molecule has 0 saturated heterocycles. The third-order valence-electron chi connectivity index (χ3n) is 2.97. The molecule has 0 aromatic rings. The van der Waals surface area contributed by atoms with E-state index in [1.165, 1.54) is 12.8 Å². The van der Waals surface area contributed by atoms with Crippen LogP contribution in [0.4, 0.5) is 0 Å². The number of carbonyl (C=O) groups is 1. The Morgan fingerprint density at radius 1 is 1.45 bits per heavy atom. The van der Waals surface area contributed by atoms with Gasteiger partial charge < -0.3 is 4.79 Å². The van der Waals surface area contributed by atoms with Crippen molar-refractivity contribution in [3.05, 3.63) is 12.2 Å². The molecule has 0 aliphatic heterocycles. The fourth-order valence-electron chi connectivity index (χ4n) is 2.50. The molecule has 0 radical (unpaired) electrons. The van der Waals surface area contributed by atoms with Crippen LogP contribution in [-0.2, 0) is 4.79 Å². The molecule has 0 heterocycles. The molecule has 2 aliphatic carbocycles. The van der Waals surface area contributed by atoms with Gasteiger partial charge in [0.15, 0.2) is 0 Å². The van der Waals surface area contributed by atoms with E-state index in [-0.39, 0.29) is 0 Å². The van der Waals surface area contributed by atoms with Gasteiger partial charge >= 0.3 is 0 Å². The maximum absolute atomic E-state index is 10.9. The van der Waals surface area contributed by atoms with E-state index in [1.807, 2.05) is 0 Å². The zero-order valence-electron chi connectivity index (χ0n) is 6.92. The minimum atomic E-state index is 0.357. The molecular formula is C10H14O. The number of hydrogen-bond acceptors (Lipinski definition) is 1. The molecular weight excluding hydrogens is 136 g/mol. The lowest BCUT2D eigenvalue weighted by Crippen LogP contribution is -2.10. The summed E-state index contributed by atoms with van der Waals surface area (Å²) in [5.41, 5.74) is 0. The van der Waals surface area contributed by atoms with Crippen molar-refractivity contribution in [2.24, 2.45) is 17.8 Å². The van der Waals surface area contributed by atoms with Crippen molar-refractivity contribution >= 4 is 5.78 Å². The topological polar surface area (TPSA) is 17.1 Å². The van der Waals surface area contributed by atoms with E-state index in [4.69, 9.17) is 0 Å². The number of Topliss-reactive ketones (excluding diaryl/α,β-unsaturated/α-hetero) is 1. The predicted molar refractivity (Wildman–Crippen MR) is 44.1 cm³/mol. The zero-order chi connectivity index (χ0) is 7.84. The molecule has 60 valence electrons. The molecule has 2 aliphatic rings. The Hall–Kier alpha value is -0.590. The van der Waals surface area contributed by atoms with Gasteiger partial charge in [-0.25, -0.2) is 0 Å². The Morgan fingerprint density at radius 3 is 2.73 bits per heavy atom. The van der Waals surface area contributed by atoms with Gasteiger partial charge in [-0.05, 0) is 37.5 Å². The first-order valence-corrected chi connectivity index (χ1v) is 4.43. The van der Waals surface area contributed by atoms with Crippen molar-refractivity contribution in [1.82, 2.24) is 0 Å². The Bertz CT molecular complexity index is 205. The summed E-state index contributed by atoms with van der Waals surface area (Å²) in [7, 11) is 0. The number of rotatable bonds is 2. The first-order chi connectivity index (χ1) is 5.25. The molecule has 0 unspecified atom stereocenters. The highest BCUT2D eigenvalue weighted by Gasteiger charge is 2.35. The van der Waals surface area contributed by atoms with Gasteiger partial charge in [0.2, 0.25) is 0 Å². The van der Waals surface area contributed by atoms with E-state index >= 15 is 0 Å². The van der Waals surface area contributed by atoms with Gasteiger partial charge in [-0.1, -0.05) is 12.2 Å². The summed E-state index contributed by atoms with van der Waals surface area (Å²) >= 11 is 0. The molecule has 11 heavy (non-hydrogen) atoms. The summed E-state index contributed by atoms with van der Waals surface area (Å²) in [6.45, 7) is 1.70. The first kappa shape index (κ1) is 7.08. The average Bonchev–Trinajstić information content (AvgIpc) is 2.45. The maximum atomic E-state index is 10.9. The van der Waals surface area contributed by atoms with Gasteiger partial charge in [-0.3, -0.25) is 0 Å². The molecule has 3 atom stereocenters. The van der Waals surface area contributed by atoms with Crippen LogP contribution in [0.2, 0.25) is 0 Å². The van der Waals surface area contributed by atoms with Crippen molar-refractivity contribution in [1.29, 1.82) is 0 Å². The second-order valence-electron chi connectivity index (χ2n) is 3.95. The largest absolute Gasteiger partial charge is 0.300 e. The maximum Gasteiger partial charge on any atom is 0.130 e. The molecule has 0 aromatic heterocycles. The number of ketones is 1. The molecule has 0 spiro atoms. The van der Waals surface area contributed by atoms with Gasteiger partial charge in [-0.15, -0.1) is 0 Å². The zero-order valence-corrected chi connectivity index (χ0v) is 6.92. The van der Waals surface area contributed by atoms with E-state index in [0.29, 0.717) is 11.7 Å². The van der Waals surface area contributed by atoms with Crippen molar-refractivity contribution in [2.75, 3.05) is 0 Å². The fourth-order valence-corrected chi connectivity index (χ4v) is 2.50. The van der Waals surface area contributed by atoms with Crippen LogP contribution in [0, 0.1) is 17.8 Å². The van der Waals surface area contributed by atoms with Crippen LogP contribution >= 0.6 is 0 Å². The number of fused-ring (bicyclic) bond motifs is 2. The summed E-state index contributed by atoms with van der Waals surface area (Å²) in [5.74, 6) is 2.59. The molecule has 0 N–H and O–H groups in total. The lowest BCUT2D eigenvalue weighted by molar-refractivity contribution is -0.118. The Kier molecular flexibility index (Phi) is 1.59. The Labute approximate surface area is 67.5 Å². The molecule has 1 fully saturated rings. The lowest BCUT2D eigenvalue weighted by atomic mass is 9.89. The van der Waals surface area contributed by atoms with Crippen LogP contribution in [0.25, 0.3) is 0 Å². The van der Waals surface area contributed by atoms with Crippen molar-refractivity contribution < 1.29 is 4.79 Å². The first-order valence-electron chi connectivity index (χ1n) is 4.43. The summed E-state index contributed by atoms with van der Waals surface area (Å²) in [4.78, 5) is 10.9. The molecule has 1 saturated carbocycles. The van der Waals surface area contributed by atoms with Crippen LogP contribution in [0.3, 0.4) is 0 Å². The SMILES string of the molecule is CC(=O)C[C@H]1C[C@@H]2C=C[C@H]1C2. The smallest absolute Gasteiger partial charge is 0.130 e. The third-order valence-corrected chi connectivity index (χ3v) is 2.97. The summed E-state index contributed by atoms with van der Waals surface area (Å²) in [6, 6.07) is 0. The average molecular weight is 150 g/mol.